The molecule has 216 valence electrons. The van der Waals surface area contributed by atoms with Crippen LogP contribution >= 0.6 is 0 Å². The van der Waals surface area contributed by atoms with Crippen LogP contribution in [0.3, 0.4) is 0 Å². The van der Waals surface area contributed by atoms with Gasteiger partial charge in [0.15, 0.2) is 0 Å². The average Bonchev–Trinajstić information content (AvgIpc) is 3.55. The van der Waals surface area contributed by atoms with E-state index in [1.165, 1.54) is 0 Å². The van der Waals surface area contributed by atoms with E-state index >= 15 is 0 Å². The molecule has 1 fully saturated rings. The normalized spacial score (nSPS) is 17.4. The van der Waals surface area contributed by atoms with Crippen LogP contribution in [0.15, 0.2) is 107 Å². The Bertz CT molecular complexity index is 1750. The molecule has 0 saturated carbocycles. The Labute approximate surface area is 252 Å². The monoisotopic (exact) mass is 582 g/mol. The first-order valence-electron chi connectivity index (χ1n) is 14.2. The summed E-state index contributed by atoms with van der Waals surface area (Å²) >= 11 is 0. The van der Waals surface area contributed by atoms with Crippen molar-refractivity contribution in [2.24, 2.45) is 9.98 Å². The van der Waals surface area contributed by atoms with E-state index in [-0.39, 0.29) is 23.6 Å². The highest BCUT2D eigenvalue weighted by atomic mass is 16.2. The number of piperazine rings is 1. The Morgan fingerprint density at radius 1 is 0.523 bits per heavy atom. The summed E-state index contributed by atoms with van der Waals surface area (Å²) < 4.78 is 0. The largest absolute Gasteiger partial charge is 0.335 e. The van der Waals surface area contributed by atoms with Crippen molar-refractivity contribution in [1.82, 2.24) is 9.80 Å². The fraction of sp³-hybridized carbons (Fsp3) is 0.118. The molecule has 3 aliphatic rings. The van der Waals surface area contributed by atoms with Gasteiger partial charge in [-0.05, 0) is 60.7 Å². The molecular weight excluding hydrogens is 556 g/mol. The quantitative estimate of drug-likeness (QED) is 0.370. The summed E-state index contributed by atoms with van der Waals surface area (Å²) in [7, 11) is 0. The molecule has 3 heterocycles. The van der Waals surface area contributed by atoms with E-state index in [1.54, 1.807) is 58.3 Å². The summed E-state index contributed by atoms with van der Waals surface area (Å²) in [4.78, 5) is 63.6. The Balaban J connectivity index is 0.965. The molecule has 0 spiro atoms. The SMILES string of the molecule is O=C1Nc2ccccc2C1=Nc1ccc(C(=O)N2CCN(C(=O)c3ccc(N=C4C(=O)Nc5ccccc54)cc3)CC2)cc1. The molecule has 0 bridgehead atoms. The van der Waals surface area contributed by atoms with E-state index in [4.69, 9.17) is 0 Å². The Hall–Kier alpha value is -5.90. The molecule has 0 aliphatic carbocycles. The van der Waals surface area contributed by atoms with Gasteiger partial charge in [-0.2, -0.15) is 0 Å². The van der Waals surface area contributed by atoms with E-state index in [0.29, 0.717) is 60.1 Å². The van der Waals surface area contributed by atoms with Gasteiger partial charge in [0, 0.05) is 48.4 Å². The number of amides is 4. The third-order valence-electron chi connectivity index (χ3n) is 7.86. The van der Waals surface area contributed by atoms with Crippen LogP contribution in [0, 0.1) is 0 Å². The molecular formula is C34H26N6O4. The van der Waals surface area contributed by atoms with Crippen molar-refractivity contribution < 1.29 is 19.2 Å². The van der Waals surface area contributed by atoms with Gasteiger partial charge in [0.1, 0.15) is 11.4 Å². The number of hydrogen-bond donors (Lipinski definition) is 2. The lowest BCUT2D eigenvalue weighted by molar-refractivity contribution is -0.110. The molecule has 0 aromatic heterocycles. The highest BCUT2D eigenvalue weighted by Gasteiger charge is 2.28. The predicted molar refractivity (Wildman–Crippen MR) is 167 cm³/mol. The first-order chi connectivity index (χ1) is 21.4. The van der Waals surface area contributed by atoms with Gasteiger partial charge >= 0.3 is 0 Å². The number of benzene rings is 4. The summed E-state index contributed by atoms with van der Waals surface area (Å²) in [5.41, 5.74) is 5.83. The third kappa shape index (κ3) is 5.02. The number of carbonyl (C=O) groups excluding carboxylic acids is 4. The van der Waals surface area contributed by atoms with Gasteiger partial charge in [-0.15, -0.1) is 0 Å². The molecule has 10 nitrogen and oxygen atoms in total. The van der Waals surface area contributed by atoms with Gasteiger partial charge in [0.2, 0.25) is 0 Å². The third-order valence-corrected chi connectivity index (χ3v) is 7.86. The molecule has 3 aliphatic heterocycles. The van der Waals surface area contributed by atoms with Crippen LogP contribution in [0.1, 0.15) is 31.8 Å². The summed E-state index contributed by atoms with van der Waals surface area (Å²) in [5, 5.41) is 5.61. The van der Waals surface area contributed by atoms with Crippen LogP contribution in [0.25, 0.3) is 0 Å². The molecule has 0 unspecified atom stereocenters. The van der Waals surface area contributed by atoms with Crippen LogP contribution in [0.2, 0.25) is 0 Å². The van der Waals surface area contributed by atoms with E-state index in [9.17, 15) is 19.2 Å². The molecule has 10 heteroatoms. The molecule has 7 rings (SSSR count). The lowest BCUT2D eigenvalue weighted by Gasteiger charge is -2.35. The highest BCUT2D eigenvalue weighted by molar-refractivity contribution is 6.54. The number of para-hydroxylation sites is 2. The summed E-state index contributed by atoms with van der Waals surface area (Å²) in [5.74, 6) is -0.761. The number of carbonyl (C=O) groups is 4. The van der Waals surface area contributed by atoms with Crippen molar-refractivity contribution in [2.45, 2.75) is 0 Å². The highest BCUT2D eigenvalue weighted by Crippen LogP contribution is 2.27. The zero-order valence-corrected chi connectivity index (χ0v) is 23.5. The van der Waals surface area contributed by atoms with Gasteiger partial charge in [0.05, 0.1) is 22.7 Å². The second-order valence-electron chi connectivity index (χ2n) is 10.6. The summed E-state index contributed by atoms with van der Waals surface area (Å²) in [6, 6.07) is 28.5. The number of nitrogens with zero attached hydrogens (tertiary/aromatic N) is 4. The molecule has 1 saturated heterocycles. The maximum absolute atomic E-state index is 13.2. The van der Waals surface area contributed by atoms with Crippen LogP contribution in [0.4, 0.5) is 22.7 Å². The lowest BCUT2D eigenvalue weighted by atomic mass is 10.1. The minimum atomic E-state index is -0.256. The standard InChI is InChI=1S/C34H26N6O4/c41-31-29(25-5-1-3-7-27(25)37-31)35-23-13-9-21(10-14-23)33(43)39-17-19-40(20-18-39)34(44)22-11-15-24(16-12-22)36-30-26-6-2-4-8-28(26)38-32(30)42/h1-16H,17-20H2,(H,35,37,41)(H,36,38,42). The minimum Gasteiger partial charge on any atom is -0.335 e. The smallest absolute Gasteiger partial charge is 0.275 e. The zero-order valence-electron chi connectivity index (χ0n) is 23.5. The maximum atomic E-state index is 13.2. The lowest BCUT2D eigenvalue weighted by Crippen LogP contribution is -2.50. The molecule has 4 aromatic rings. The predicted octanol–water partition coefficient (Wildman–Crippen LogP) is 4.43. The number of hydrogen-bond acceptors (Lipinski definition) is 6. The van der Waals surface area contributed by atoms with Crippen LogP contribution < -0.4 is 10.6 Å². The Morgan fingerprint density at radius 2 is 0.886 bits per heavy atom. The fourth-order valence-corrected chi connectivity index (χ4v) is 5.52. The Morgan fingerprint density at radius 3 is 1.27 bits per heavy atom. The minimum absolute atomic E-state index is 0.124. The van der Waals surface area contributed by atoms with Crippen molar-refractivity contribution in [3.05, 3.63) is 119 Å². The van der Waals surface area contributed by atoms with E-state index in [0.717, 1.165) is 22.5 Å². The van der Waals surface area contributed by atoms with Crippen molar-refractivity contribution in [3.8, 4) is 0 Å². The molecule has 2 N–H and O–H groups in total. The van der Waals surface area contributed by atoms with E-state index in [1.807, 2.05) is 48.5 Å². The van der Waals surface area contributed by atoms with Crippen molar-refractivity contribution in [3.63, 3.8) is 0 Å². The second-order valence-corrected chi connectivity index (χ2v) is 10.6. The van der Waals surface area contributed by atoms with Gasteiger partial charge in [0.25, 0.3) is 23.6 Å². The van der Waals surface area contributed by atoms with Crippen LogP contribution in [0.5, 0.6) is 0 Å². The molecule has 0 radical (unpaired) electrons. The maximum Gasteiger partial charge on any atom is 0.275 e. The first-order valence-corrected chi connectivity index (χ1v) is 14.2. The fourth-order valence-electron chi connectivity index (χ4n) is 5.52. The summed E-state index contributed by atoms with van der Waals surface area (Å²) in [6.07, 6.45) is 0. The second kappa shape index (κ2) is 11.1. The number of aliphatic imine (C=N–C) groups is 2. The number of fused-ring (bicyclic) bond motifs is 2. The van der Waals surface area contributed by atoms with Gasteiger partial charge in [-0.1, -0.05) is 36.4 Å². The van der Waals surface area contributed by atoms with Gasteiger partial charge < -0.3 is 20.4 Å². The summed E-state index contributed by atoms with van der Waals surface area (Å²) in [6.45, 7) is 1.63. The van der Waals surface area contributed by atoms with Gasteiger partial charge in [-0.3, -0.25) is 19.2 Å². The average molecular weight is 583 g/mol. The number of rotatable bonds is 4. The molecule has 4 aromatic carbocycles. The van der Waals surface area contributed by atoms with Gasteiger partial charge in [-0.25, -0.2) is 9.98 Å². The van der Waals surface area contributed by atoms with E-state index < -0.39 is 0 Å². The number of anilines is 2. The molecule has 0 atom stereocenters. The molecule has 44 heavy (non-hydrogen) atoms. The molecule has 4 amide bonds. The van der Waals surface area contributed by atoms with Crippen molar-refractivity contribution in [2.75, 3.05) is 36.8 Å². The Kier molecular flexibility index (Phi) is 6.78. The number of nitrogens with one attached hydrogen (secondary N) is 2. The van der Waals surface area contributed by atoms with Crippen LogP contribution in [-0.4, -0.2) is 71.0 Å². The van der Waals surface area contributed by atoms with Crippen molar-refractivity contribution >= 4 is 57.8 Å². The topological polar surface area (TPSA) is 124 Å². The first kappa shape index (κ1) is 27.0. The van der Waals surface area contributed by atoms with Crippen LogP contribution in [-0.2, 0) is 9.59 Å². The zero-order chi connectivity index (χ0) is 30.2. The van der Waals surface area contributed by atoms with E-state index in [2.05, 4.69) is 20.6 Å². The van der Waals surface area contributed by atoms with Crippen molar-refractivity contribution in [1.29, 1.82) is 0 Å².